The molecule has 1 rings (SSSR count). The van der Waals surface area contributed by atoms with E-state index in [-0.39, 0.29) is 0 Å². The number of thioether (sulfide) groups is 2. The summed E-state index contributed by atoms with van der Waals surface area (Å²) in [6.45, 7) is 2.16. The molecule has 0 saturated carbocycles. The second-order valence-electron chi connectivity index (χ2n) is 4.63. The fourth-order valence-electron chi connectivity index (χ4n) is 1.65. The van der Waals surface area contributed by atoms with Crippen LogP contribution in [-0.4, -0.2) is 44.5 Å². The van der Waals surface area contributed by atoms with Crippen LogP contribution in [0.3, 0.4) is 0 Å². The van der Waals surface area contributed by atoms with Crippen LogP contribution in [0.15, 0.2) is 28.1 Å². The lowest BCUT2D eigenvalue weighted by molar-refractivity contribution is 0.177. The zero-order valence-electron chi connectivity index (χ0n) is 13.7. The number of ether oxygens (including phenoxy) is 1. The van der Waals surface area contributed by atoms with Gasteiger partial charge in [0.05, 0.1) is 18.5 Å². The second kappa shape index (κ2) is 9.63. The maximum Gasteiger partial charge on any atom is 0.412 e. The minimum atomic E-state index is -0.518. The number of rotatable bonds is 5. The van der Waals surface area contributed by atoms with Crippen LogP contribution in [-0.2, 0) is 4.74 Å². The van der Waals surface area contributed by atoms with Gasteiger partial charge in [0, 0.05) is 19.0 Å². The van der Waals surface area contributed by atoms with Crippen LogP contribution in [0.25, 0.3) is 0 Å². The van der Waals surface area contributed by atoms with Crippen molar-refractivity contribution >= 4 is 46.2 Å². The molecule has 0 aliphatic rings. The number of nitrogens with one attached hydrogen (secondary N) is 1. The molecule has 0 aliphatic heterocycles. The van der Waals surface area contributed by atoms with Crippen molar-refractivity contribution in [3.63, 3.8) is 0 Å². The van der Waals surface area contributed by atoms with Gasteiger partial charge in [0.2, 0.25) is 0 Å². The summed E-state index contributed by atoms with van der Waals surface area (Å²) < 4.78 is 4.62. The summed E-state index contributed by atoms with van der Waals surface area (Å²) in [6, 6.07) is 6.19. The Hall–Kier alpha value is -1.34. The summed E-state index contributed by atoms with van der Waals surface area (Å²) in [5.74, 6) is 1.07. The Morgan fingerprint density at radius 3 is 2.68 bits per heavy atom. The number of carbonyl (C=O) groups is 1. The van der Waals surface area contributed by atoms with E-state index in [1.165, 1.54) is 23.8 Å². The Labute approximate surface area is 140 Å². The molecule has 0 fully saturated rings. The van der Waals surface area contributed by atoms with Crippen LogP contribution in [0.4, 0.5) is 16.2 Å². The molecule has 122 valence electrons. The number of methoxy groups -OCH3 is 1. The highest BCUT2D eigenvalue weighted by Gasteiger charge is 2.09. The first-order valence-electron chi connectivity index (χ1n) is 6.93. The van der Waals surface area contributed by atoms with Gasteiger partial charge in [-0.1, -0.05) is 18.7 Å². The van der Waals surface area contributed by atoms with Crippen LogP contribution in [0, 0.1) is 0 Å². The molecule has 1 aromatic rings. The second-order valence-corrected chi connectivity index (χ2v) is 6.59. The predicted molar refractivity (Wildman–Crippen MR) is 97.9 cm³/mol. The number of amidine groups is 1. The van der Waals surface area contributed by atoms with Crippen molar-refractivity contribution in [3.05, 3.63) is 18.2 Å². The molecule has 0 heterocycles. The van der Waals surface area contributed by atoms with Crippen molar-refractivity contribution in [2.45, 2.75) is 18.2 Å². The van der Waals surface area contributed by atoms with Crippen molar-refractivity contribution in [2.24, 2.45) is 4.99 Å². The third kappa shape index (κ3) is 5.81. The van der Waals surface area contributed by atoms with Gasteiger partial charge >= 0.3 is 6.09 Å². The van der Waals surface area contributed by atoms with Crippen molar-refractivity contribution in [1.82, 2.24) is 5.32 Å². The van der Waals surface area contributed by atoms with Gasteiger partial charge in [0.1, 0.15) is 0 Å². The number of hydrogen-bond donors (Lipinski definition) is 1. The molecule has 0 aromatic heterocycles. The van der Waals surface area contributed by atoms with Crippen molar-refractivity contribution in [3.8, 4) is 0 Å². The van der Waals surface area contributed by atoms with E-state index < -0.39 is 6.09 Å². The van der Waals surface area contributed by atoms with Gasteiger partial charge in [-0.05, 0) is 36.6 Å². The lowest BCUT2D eigenvalue weighted by atomic mass is 10.2. The van der Waals surface area contributed by atoms with Crippen LogP contribution in [0.1, 0.15) is 13.3 Å². The molecular weight excluding hydrogens is 318 g/mol. The maximum absolute atomic E-state index is 11.4. The molecule has 1 N–H and O–H groups in total. The number of anilines is 1. The summed E-state index contributed by atoms with van der Waals surface area (Å²) in [5.41, 5.74) is 1.82. The number of hydrogen-bond acceptors (Lipinski definition) is 6. The van der Waals surface area contributed by atoms with Gasteiger partial charge in [-0.2, -0.15) is 0 Å². The minimum Gasteiger partial charge on any atom is -0.453 e. The van der Waals surface area contributed by atoms with E-state index in [0.717, 1.165) is 23.5 Å². The van der Waals surface area contributed by atoms with Crippen molar-refractivity contribution in [2.75, 3.05) is 38.1 Å². The summed E-state index contributed by atoms with van der Waals surface area (Å²) in [6.07, 6.45) is 2.47. The van der Waals surface area contributed by atoms with E-state index in [4.69, 9.17) is 0 Å². The molecule has 0 bridgehead atoms. The van der Waals surface area contributed by atoms with E-state index in [1.807, 2.05) is 37.4 Å². The number of aliphatic imine (C=N–C) groups is 1. The Morgan fingerprint density at radius 1 is 1.41 bits per heavy atom. The lowest BCUT2D eigenvalue weighted by Crippen LogP contribution is -2.27. The van der Waals surface area contributed by atoms with Crippen LogP contribution in [0.5, 0.6) is 0 Å². The predicted octanol–water partition coefficient (Wildman–Crippen LogP) is 3.96. The van der Waals surface area contributed by atoms with E-state index in [9.17, 15) is 4.79 Å². The zero-order chi connectivity index (χ0) is 16.5. The molecule has 1 amide bonds. The number of benzene rings is 1. The number of nitrogens with zero attached hydrogens (tertiary/aromatic N) is 2. The largest absolute Gasteiger partial charge is 0.453 e. The molecule has 7 heteroatoms. The Balaban J connectivity index is 3.13. The average molecular weight is 342 g/mol. The molecule has 0 aliphatic carbocycles. The minimum absolute atomic E-state index is 0.507. The number of carbonyl (C=O) groups excluding carboxylic acids is 1. The third-order valence-corrected chi connectivity index (χ3v) is 4.49. The maximum atomic E-state index is 11.4. The molecule has 0 radical (unpaired) electrons. The Morgan fingerprint density at radius 2 is 2.14 bits per heavy atom. The summed E-state index contributed by atoms with van der Waals surface area (Å²) in [4.78, 5) is 19.1. The molecule has 1 aromatic carbocycles. The van der Waals surface area contributed by atoms with E-state index in [1.54, 1.807) is 11.8 Å². The molecule has 0 spiro atoms. The highest BCUT2D eigenvalue weighted by molar-refractivity contribution is 8.13. The SMILES string of the molecule is CCCSc1ccc(N(C)C)c(N=C(NC(=O)OC)SC)c1. The fourth-order valence-corrected chi connectivity index (χ4v) is 2.83. The van der Waals surface area contributed by atoms with Crippen molar-refractivity contribution in [1.29, 1.82) is 0 Å². The normalized spacial score (nSPS) is 11.2. The molecule has 5 nitrogen and oxygen atoms in total. The summed E-state index contributed by atoms with van der Waals surface area (Å²) in [5, 5.41) is 3.13. The molecular formula is C15H23N3O2S2. The molecule has 0 unspecified atom stereocenters. The molecule has 22 heavy (non-hydrogen) atoms. The highest BCUT2D eigenvalue weighted by Crippen LogP contribution is 2.33. The Bertz CT molecular complexity index is 534. The zero-order valence-corrected chi connectivity index (χ0v) is 15.3. The molecule has 0 atom stereocenters. The Kier molecular flexibility index (Phi) is 8.19. The van der Waals surface area contributed by atoms with Gasteiger partial charge < -0.3 is 9.64 Å². The summed E-state index contributed by atoms with van der Waals surface area (Å²) in [7, 11) is 5.28. The van der Waals surface area contributed by atoms with Gasteiger partial charge in [-0.15, -0.1) is 11.8 Å². The number of amides is 1. The number of alkyl carbamates (subject to hydrolysis) is 1. The van der Waals surface area contributed by atoms with Crippen LogP contribution < -0.4 is 10.2 Å². The van der Waals surface area contributed by atoms with E-state index in [0.29, 0.717) is 5.17 Å². The topological polar surface area (TPSA) is 53.9 Å². The quantitative estimate of drug-likeness (QED) is 0.499. The average Bonchev–Trinajstić information content (AvgIpc) is 2.51. The smallest absolute Gasteiger partial charge is 0.412 e. The van der Waals surface area contributed by atoms with Crippen molar-refractivity contribution < 1.29 is 9.53 Å². The summed E-state index contributed by atoms with van der Waals surface area (Å²) >= 11 is 3.17. The van der Waals surface area contributed by atoms with Gasteiger partial charge in [0.15, 0.2) is 5.17 Å². The van der Waals surface area contributed by atoms with Gasteiger partial charge in [0.25, 0.3) is 0 Å². The third-order valence-electron chi connectivity index (χ3n) is 2.71. The van der Waals surface area contributed by atoms with E-state index >= 15 is 0 Å². The van der Waals surface area contributed by atoms with Crippen LogP contribution in [0.2, 0.25) is 0 Å². The van der Waals surface area contributed by atoms with Gasteiger partial charge in [-0.3, -0.25) is 5.32 Å². The first-order chi connectivity index (χ1) is 10.5. The lowest BCUT2D eigenvalue weighted by Gasteiger charge is -2.17. The monoisotopic (exact) mass is 341 g/mol. The first kappa shape index (κ1) is 18.7. The van der Waals surface area contributed by atoms with E-state index in [2.05, 4.69) is 28.0 Å². The van der Waals surface area contributed by atoms with Crippen LogP contribution >= 0.6 is 23.5 Å². The van der Waals surface area contributed by atoms with Gasteiger partial charge in [-0.25, -0.2) is 9.79 Å². The highest BCUT2D eigenvalue weighted by atomic mass is 32.2. The first-order valence-corrected chi connectivity index (χ1v) is 9.14. The fraction of sp³-hybridized carbons (Fsp3) is 0.467. The molecule has 0 saturated heterocycles. The standard InChI is InChI=1S/C15H23N3O2S2/c1-6-9-22-11-7-8-13(18(2)3)12(10-11)16-14(21-5)17-15(19)20-4/h7-8,10H,6,9H2,1-5H3,(H,16,17,19).